The molecule has 0 spiro atoms. The molecular weight excluding hydrogens is 324 g/mol. The molecular formula is C19H31ClN2O2. The molecule has 136 valence electrons. The maximum atomic E-state index is 12.6. The van der Waals surface area contributed by atoms with Crippen LogP contribution in [0.1, 0.15) is 45.1 Å². The van der Waals surface area contributed by atoms with Gasteiger partial charge < -0.3 is 15.8 Å². The molecule has 0 radical (unpaired) electrons. The predicted octanol–water partition coefficient (Wildman–Crippen LogP) is 3.32. The zero-order chi connectivity index (χ0) is 16.8. The molecule has 0 bridgehead atoms. The Kier molecular flexibility index (Phi) is 8.57. The lowest BCUT2D eigenvalue weighted by Gasteiger charge is -2.29. The Morgan fingerprint density at radius 1 is 1.33 bits per heavy atom. The van der Waals surface area contributed by atoms with Gasteiger partial charge in [-0.05, 0) is 43.2 Å². The van der Waals surface area contributed by atoms with Crippen molar-refractivity contribution in [3.8, 4) is 5.75 Å². The molecule has 3 N–H and O–H groups in total. The van der Waals surface area contributed by atoms with E-state index < -0.39 is 0 Å². The number of hydrogen-bond donors (Lipinski definition) is 2. The van der Waals surface area contributed by atoms with Crippen LogP contribution in [0.25, 0.3) is 0 Å². The van der Waals surface area contributed by atoms with Crippen LogP contribution >= 0.6 is 12.4 Å². The summed E-state index contributed by atoms with van der Waals surface area (Å²) in [4.78, 5) is 12.6. The molecule has 5 heteroatoms. The van der Waals surface area contributed by atoms with E-state index in [1.165, 1.54) is 0 Å². The Morgan fingerprint density at radius 3 is 2.67 bits per heavy atom. The van der Waals surface area contributed by atoms with Crippen LogP contribution in [0.5, 0.6) is 5.75 Å². The Labute approximate surface area is 151 Å². The summed E-state index contributed by atoms with van der Waals surface area (Å²) < 4.78 is 5.43. The number of halogens is 1. The second kappa shape index (κ2) is 9.90. The molecule has 0 aromatic heterocycles. The summed E-state index contributed by atoms with van der Waals surface area (Å²) in [7, 11) is 1.69. The molecule has 1 aromatic rings. The maximum absolute atomic E-state index is 12.6. The topological polar surface area (TPSA) is 64.3 Å². The van der Waals surface area contributed by atoms with Gasteiger partial charge >= 0.3 is 0 Å². The molecule has 1 aliphatic carbocycles. The van der Waals surface area contributed by atoms with E-state index in [-0.39, 0.29) is 36.3 Å². The van der Waals surface area contributed by atoms with Crippen LogP contribution in [0, 0.1) is 11.8 Å². The molecule has 1 aliphatic rings. The highest BCUT2D eigenvalue weighted by Gasteiger charge is 2.28. The molecule has 0 heterocycles. The third-order valence-electron chi connectivity index (χ3n) is 4.85. The van der Waals surface area contributed by atoms with Crippen LogP contribution < -0.4 is 15.8 Å². The van der Waals surface area contributed by atoms with Gasteiger partial charge in [-0.2, -0.15) is 0 Å². The molecule has 1 amide bonds. The standard InChI is InChI=1S/C19H30N2O2.ClH/c1-13(2)17(12-14-7-4-5-10-18(14)23-3)21-19(22)15-8-6-9-16(20)11-15;/h4-5,7,10,13,15-17H,6,8-9,11-12,20H2,1-3H3,(H,21,22);1H. The fourth-order valence-corrected chi connectivity index (χ4v) is 3.33. The van der Waals surface area contributed by atoms with E-state index >= 15 is 0 Å². The summed E-state index contributed by atoms with van der Waals surface area (Å²) in [5, 5.41) is 3.26. The number of carbonyl (C=O) groups is 1. The Balaban J connectivity index is 0.00000288. The van der Waals surface area contributed by atoms with Gasteiger partial charge in [0.25, 0.3) is 0 Å². The number of ether oxygens (including phenoxy) is 1. The van der Waals surface area contributed by atoms with Crippen molar-refractivity contribution in [2.45, 2.75) is 58.0 Å². The van der Waals surface area contributed by atoms with Crippen molar-refractivity contribution in [3.63, 3.8) is 0 Å². The van der Waals surface area contributed by atoms with Crippen molar-refractivity contribution in [2.75, 3.05) is 7.11 Å². The van der Waals surface area contributed by atoms with Gasteiger partial charge in [0.2, 0.25) is 5.91 Å². The van der Waals surface area contributed by atoms with E-state index in [0.29, 0.717) is 5.92 Å². The van der Waals surface area contributed by atoms with E-state index in [1.807, 2.05) is 18.2 Å². The van der Waals surface area contributed by atoms with Gasteiger partial charge in [0.15, 0.2) is 0 Å². The van der Waals surface area contributed by atoms with Crippen LogP contribution in [0.2, 0.25) is 0 Å². The van der Waals surface area contributed by atoms with Crippen LogP contribution in [-0.4, -0.2) is 25.1 Å². The number of carbonyl (C=O) groups excluding carboxylic acids is 1. The second-order valence-electron chi connectivity index (χ2n) is 7.00. The number of benzene rings is 1. The number of para-hydroxylation sites is 1. The first-order chi connectivity index (χ1) is 11.0. The highest BCUT2D eigenvalue weighted by Crippen LogP contribution is 2.25. The quantitative estimate of drug-likeness (QED) is 0.823. The van der Waals surface area contributed by atoms with E-state index in [1.54, 1.807) is 7.11 Å². The van der Waals surface area contributed by atoms with Crippen LogP contribution in [-0.2, 0) is 11.2 Å². The van der Waals surface area contributed by atoms with Crippen molar-refractivity contribution in [3.05, 3.63) is 29.8 Å². The Bertz CT molecular complexity index is 522. The van der Waals surface area contributed by atoms with Crippen molar-refractivity contribution in [1.29, 1.82) is 0 Å². The third-order valence-corrected chi connectivity index (χ3v) is 4.85. The average Bonchev–Trinajstić information content (AvgIpc) is 2.54. The summed E-state index contributed by atoms with van der Waals surface area (Å²) in [6.45, 7) is 4.29. The zero-order valence-electron chi connectivity index (χ0n) is 15.0. The van der Waals surface area contributed by atoms with E-state index in [9.17, 15) is 4.79 Å². The largest absolute Gasteiger partial charge is 0.496 e. The lowest BCUT2D eigenvalue weighted by molar-refractivity contribution is -0.127. The Morgan fingerprint density at radius 2 is 2.04 bits per heavy atom. The third kappa shape index (κ3) is 5.67. The highest BCUT2D eigenvalue weighted by molar-refractivity contribution is 5.85. The van der Waals surface area contributed by atoms with E-state index in [4.69, 9.17) is 10.5 Å². The van der Waals surface area contributed by atoms with Gasteiger partial charge in [-0.3, -0.25) is 4.79 Å². The molecule has 0 saturated heterocycles. The van der Waals surface area contributed by atoms with Crippen molar-refractivity contribution >= 4 is 18.3 Å². The molecule has 1 saturated carbocycles. The van der Waals surface area contributed by atoms with Gasteiger partial charge in [0, 0.05) is 18.0 Å². The molecule has 2 rings (SSSR count). The van der Waals surface area contributed by atoms with E-state index in [2.05, 4.69) is 25.2 Å². The summed E-state index contributed by atoms with van der Waals surface area (Å²) in [5.74, 6) is 1.47. The minimum atomic E-state index is 0. The van der Waals surface area contributed by atoms with Crippen molar-refractivity contribution < 1.29 is 9.53 Å². The van der Waals surface area contributed by atoms with Gasteiger partial charge in [-0.1, -0.05) is 38.5 Å². The molecule has 24 heavy (non-hydrogen) atoms. The second-order valence-corrected chi connectivity index (χ2v) is 7.00. The SMILES string of the molecule is COc1ccccc1CC(NC(=O)C1CCCC(N)C1)C(C)C.Cl. The van der Waals surface area contributed by atoms with Gasteiger partial charge in [0.05, 0.1) is 7.11 Å². The number of rotatable bonds is 6. The summed E-state index contributed by atoms with van der Waals surface area (Å²) in [6, 6.07) is 8.29. The van der Waals surface area contributed by atoms with Crippen molar-refractivity contribution in [2.24, 2.45) is 17.6 Å². The van der Waals surface area contributed by atoms with Gasteiger partial charge in [-0.15, -0.1) is 12.4 Å². The summed E-state index contributed by atoms with van der Waals surface area (Å²) in [6.07, 6.45) is 4.65. The van der Waals surface area contributed by atoms with Crippen LogP contribution in [0.3, 0.4) is 0 Å². The van der Waals surface area contributed by atoms with Gasteiger partial charge in [0.1, 0.15) is 5.75 Å². The zero-order valence-corrected chi connectivity index (χ0v) is 15.8. The highest BCUT2D eigenvalue weighted by atomic mass is 35.5. The van der Waals surface area contributed by atoms with Crippen LogP contribution in [0.15, 0.2) is 24.3 Å². The Hall–Kier alpha value is -1.26. The first-order valence-corrected chi connectivity index (χ1v) is 8.69. The fraction of sp³-hybridized carbons (Fsp3) is 0.632. The number of amides is 1. The van der Waals surface area contributed by atoms with E-state index in [0.717, 1.165) is 43.4 Å². The van der Waals surface area contributed by atoms with Gasteiger partial charge in [-0.25, -0.2) is 0 Å². The fourth-order valence-electron chi connectivity index (χ4n) is 3.33. The first kappa shape index (κ1) is 20.8. The monoisotopic (exact) mass is 354 g/mol. The molecule has 1 aromatic carbocycles. The maximum Gasteiger partial charge on any atom is 0.223 e. The average molecular weight is 355 g/mol. The molecule has 3 unspecified atom stereocenters. The molecule has 4 nitrogen and oxygen atoms in total. The summed E-state index contributed by atoms with van der Waals surface area (Å²) >= 11 is 0. The molecule has 0 aliphatic heterocycles. The minimum absolute atomic E-state index is 0. The smallest absolute Gasteiger partial charge is 0.223 e. The number of hydrogen-bond acceptors (Lipinski definition) is 3. The number of methoxy groups -OCH3 is 1. The molecule has 1 fully saturated rings. The normalized spacial score (nSPS) is 21.7. The summed E-state index contributed by atoms with van der Waals surface area (Å²) in [5.41, 5.74) is 7.15. The van der Waals surface area contributed by atoms with Crippen molar-refractivity contribution in [1.82, 2.24) is 5.32 Å². The minimum Gasteiger partial charge on any atom is -0.496 e. The lowest BCUT2D eigenvalue weighted by atomic mass is 9.85. The lowest BCUT2D eigenvalue weighted by Crippen LogP contribution is -2.45. The van der Waals surface area contributed by atoms with Crippen LogP contribution in [0.4, 0.5) is 0 Å². The number of nitrogens with one attached hydrogen (secondary N) is 1. The predicted molar refractivity (Wildman–Crippen MR) is 101 cm³/mol. The molecule has 3 atom stereocenters. The number of nitrogens with two attached hydrogens (primary N) is 1. The first-order valence-electron chi connectivity index (χ1n) is 8.69.